The molecule has 3 heteroatoms. The fourth-order valence-electron chi connectivity index (χ4n) is 2.14. The largest absolute Gasteiger partial charge is 0.388 e. The molecule has 29 heavy (non-hydrogen) atoms. The fraction of sp³-hybridized carbons (Fsp3) is 0.0769. The van der Waals surface area contributed by atoms with Crippen LogP contribution in [0.5, 0.6) is 0 Å². The Balaban J connectivity index is 2.03. The summed E-state index contributed by atoms with van der Waals surface area (Å²) < 4.78 is 0. The number of hydrogen-bond donors (Lipinski definition) is 1. The molecule has 136 valence electrons. The van der Waals surface area contributed by atoms with E-state index in [0.29, 0.717) is 16.7 Å². The minimum atomic E-state index is -0.386. The molecule has 0 radical (unpaired) electrons. The van der Waals surface area contributed by atoms with Gasteiger partial charge in [-0.05, 0) is 96.6 Å². The van der Waals surface area contributed by atoms with Crippen LogP contribution in [0.25, 0.3) is 0 Å². The standard InChI is InChI=1S/C26H15NO2/c1-3-4-5-6-7-8-9-10-11-12-25(28)21-13-15-22(16-14-21)26(29)23-17-19-24(27-2)20-18-23/h13-20,27H,1-2H3. The minimum Gasteiger partial charge on any atom is -0.388 e. The van der Waals surface area contributed by atoms with E-state index >= 15 is 0 Å². The highest BCUT2D eigenvalue weighted by Crippen LogP contribution is 2.14. The molecule has 0 aliphatic carbocycles. The number of carbonyl (C=O) groups is 2. The van der Waals surface area contributed by atoms with Gasteiger partial charge < -0.3 is 5.32 Å². The number of nitrogens with one attached hydrogen (secondary N) is 1. The van der Waals surface area contributed by atoms with E-state index in [-0.39, 0.29) is 11.6 Å². The lowest BCUT2D eigenvalue weighted by molar-refractivity contribution is 0.103. The smallest absolute Gasteiger partial charge is 0.236 e. The second-order valence-corrected chi connectivity index (χ2v) is 5.44. The molecule has 0 aliphatic rings. The maximum absolute atomic E-state index is 12.5. The summed E-state index contributed by atoms with van der Waals surface area (Å²) in [6, 6.07) is 13.5. The van der Waals surface area contributed by atoms with Gasteiger partial charge in [-0.3, -0.25) is 9.59 Å². The van der Waals surface area contributed by atoms with Crippen molar-refractivity contribution in [2.75, 3.05) is 12.4 Å². The number of ketones is 2. The van der Waals surface area contributed by atoms with Gasteiger partial charge in [0.1, 0.15) is 0 Å². The Morgan fingerprint density at radius 1 is 0.655 bits per heavy atom. The van der Waals surface area contributed by atoms with E-state index in [4.69, 9.17) is 0 Å². The van der Waals surface area contributed by atoms with E-state index in [1.54, 1.807) is 43.3 Å². The summed E-state index contributed by atoms with van der Waals surface area (Å²) in [6.07, 6.45) is 0. The van der Waals surface area contributed by atoms with Gasteiger partial charge in [-0.1, -0.05) is 18.1 Å². The van der Waals surface area contributed by atoms with Crippen molar-refractivity contribution in [3.05, 3.63) is 65.2 Å². The summed E-state index contributed by atoms with van der Waals surface area (Å²) in [6.45, 7) is 1.68. The highest BCUT2D eigenvalue weighted by molar-refractivity contribution is 6.11. The fourth-order valence-corrected chi connectivity index (χ4v) is 2.14. The lowest BCUT2D eigenvalue weighted by Gasteiger charge is -2.04. The molecule has 0 aliphatic heterocycles. The summed E-state index contributed by atoms with van der Waals surface area (Å²) in [5.41, 5.74) is 2.38. The van der Waals surface area contributed by atoms with E-state index in [1.807, 2.05) is 19.2 Å². The molecule has 2 rings (SSSR count). The van der Waals surface area contributed by atoms with Gasteiger partial charge in [0.15, 0.2) is 5.78 Å². The van der Waals surface area contributed by atoms with Gasteiger partial charge in [0.05, 0.1) is 0 Å². The third-order valence-corrected chi connectivity index (χ3v) is 3.58. The summed E-state index contributed by atoms with van der Waals surface area (Å²) in [5.74, 6) is 24.5. The normalized spacial score (nSPS) is 7.93. The van der Waals surface area contributed by atoms with Gasteiger partial charge in [-0.15, -0.1) is 0 Å². The molecular weight excluding hydrogens is 358 g/mol. The Hall–Kier alpha value is -4.62. The monoisotopic (exact) mass is 373 g/mol. The minimum absolute atomic E-state index is 0.116. The average molecular weight is 373 g/mol. The number of Topliss-reactive ketones (excluding diaryl/α,β-unsaturated/α-hetero) is 1. The van der Waals surface area contributed by atoms with E-state index in [2.05, 4.69) is 64.5 Å². The zero-order valence-corrected chi connectivity index (χ0v) is 15.9. The Morgan fingerprint density at radius 3 is 1.62 bits per heavy atom. The zero-order valence-electron chi connectivity index (χ0n) is 15.9. The van der Waals surface area contributed by atoms with Crippen LogP contribution in [0.1, 0.15) is 33.2 Å². The summed E-state index contributed by atoms with van der Waals surface area (Å²) in [5, 5.41) is 3.00. The van der Waals surface area contributed by atoms with Crippen molar-refractivity contribution in [1.29, 1.82) is 0 Å². The van der Waals surface area contributed by atoms with Gasteiger partial charge in [0.25, 0.3) is 0 Å². The Labute approximate surface area is 170 Å². The molecule has 0 atom stereocenters. The van der Waals surface area contributed by atoms with Crippen molar-refractivity contribution in [3.63, 3.8) is 0 Å². The molecule has 2 aromatic rings. The molecule has 0 saturated carbocycles. The van der Waals surface area contributed by atoms with Crippen LogP contribution in [0.3, 0.4) is 0 Å². The first-order valence-electron chi connectivity index (χ1n) is 8.55. The SMILES string of the molecule is CC#CC#CC#CC#CC#CC(=O)c1ccc(C(=O)c2ccc(NC)cc2)cc1. The van der Waals surface area contributed by atoms with Crippen molar-refractivity contribution < 1.29 is 9.59 Å². The number of benzene rings is 2. The molecule has 1 N–H and O–H groups in total. The Kier molecular flexibility index (Phi) is 7.97. The van der Waals surface area contributed by atoms with E-state index in [1.165, 1.54) is 0 Å². The molecule has 0 bridgehead atoms. The number of anilines is 1. The predicted molar refractivity (Wildman–Crippen MR) is 115 cm³/mol. The van der Waals surface area contributed by atoms with Crippen LogP contribution in [0.4, 0.5) is 5.69 Å². The maximum Gasteiger partial charge on any atom is 0.236 e. The summed E-state index contributed by atoms with van der Waals surface area (Å²) >= 11 is 0. The number of rotatable bonds is 4. The van der Waals surface area contributed by atoms with Crippen LogP contribution < -0.4 is 5.32 Å². The van der Waals surface area contributed by atoms with E-state index in [0.717, 1.165) is 5.69 Å². The lowest BCUT2D eigenvalue weighted by Crippen LogP contribution is -2.03. The molecule has 0 saturated heterocycles. The number of carbonyl (C=O) groups excluding carboxylic acids is 2. The van der Waals surface area contributed by atoms with Gasteiger partial charge in [-0.2, -0.15) is 0 Å². The number of hydrogen-bond acceptors (Lipinski definition) is 3. The zero-order chi connectivity index (χ0) is 20.9. The maximum atomic E-state index is 12.5. The molecule has 0 aromatic heterocycles. The molecular formula is C26H15NO2. The molecule has 0 fully saturated rings. The van der Waals surface area contributed by atoms with Crippen LogP contribution in [0.2, 0.25) is 0 Å². The molecule has 3 nitrogen and oxygen atoms in total. The van der Waals surface area contributed by atoms with Crippen LogP contribution in [0, 0.1) is 59.2 Å². The van der Waals surface area contributed by atoms with Crippen LogP contribution in [-0.2, 0) is 0 Å². The first kappa shape index (κ1) is 20.7. The Bertz CT molecular complexity index is 1220. The first-order chi connectivity index (χ1) is 14.2. The van der Waals surface area contributed by atoms with Gasteiger partial charge in [0.2, 0.25) is 5.78 Å². The lowest BCUT2D eigenvalue weighted by atomic mass is 10.0. The topological polar surface area (TPSA) is 46.2 Å². The highest BCUT2D eigenvalue weighted by Gasteiger charge is 2.10. The third kappa shape index (κ3) is 6.55. The van der Waals surface area contributed by atoms with Gasteiger partial charge in [0, 0.05) is 29.4 Å². The van der Waals surface area contributed by atoms with Gasteiger partial charge in [-0.25, -0.2) is 0 Å². The van der Waals surface area contributed by atoms with Crippen LogP contribution in [-0.4, -0.2) is 18.6 Å². The molecule has 0 heterocycles. The van der Waals surface area contributed by atoms with Crippen molar-refractivity contribution >= 4 is 17.3 Å². The predicted octanol–water partition coefficient (Wildman–Crippen LogP) is 3.18. The quantitative estimate of drug-likeness (QED) is 0.509. The molecule has 0 spiro atoms. The second kappa shape index (κ2) is 11.2. The van der Waals surface area contributed by atoms with Crippen LogP contribution in [0.15, 0.2) is 48.5 Å². The Morgan fingerprint density at radius 2 is 1.10 bits per heavy atom. The third-order valence-electron chi connectivity index (χ3n) is 3.58. The summed E-state index contributed by atoms with van der Waals surface area (Å²) in [7, 11) is 1.81. The second-order valence-electron chi connectivity index (χ2n) is 5.44. The van der Waals surface area contributed by atoms with Crippen molar-refractivity contribution in [3.8, 4) is 59.2 Å². The van der Waals surface area contributed by atoms with E-state index in [9.17, 15) is 9.59 Å². The first-order valence-corrected chi connectivity index (χ1v) is 8.55. The van der Waals surface area contributed by atoms with E-state index < -0.39 is 0 Å². The van der Waals surface area contributed by atoms with Crippen molar-refractivity contribution in [1.82, 2.24) is 0 Å². The van der Waals surface area contributed by atoms with Gasteiger partial charge >= 0.3 is 0 Å². The molecule has 0 amide bonds. The van der Waals surface area contributed by atoms with Crippen LogP contribution >= 0.6 is 0 Å². The van der Waals surface area contributed by atoms with Crippen molar-refractivity contribution in [2.45, 2.75) is 6.92 Å². The molecule has 0 unspecified atom stereocenters. The molecule has 2 aromatic carbocycles. The average Bonchev–Trinajstić information content (AvgIpc) is 2.77. The highest BCUT2D eigenvalue weighted by atomic mass is 16.1. The van der Waals surface area contributed by atoms with Crippen molar-refractivity contribution in [2.24, 2.45) is 0 Å². The summed E-state index contributed by atoms with van der Waals surface area (Å²) in [4.78, 5) is 24.6.